The highest BCUT2D eigenvalue weighted by Gasteiger charge is 2.19. The van der Waals surface area contributed by atoms with Crippen molar-refractivity contribution in [3.05, 3.63) is 47.0 Å². The molecule has 0 saturated carbocycles. The fraction of sp³-hybridized carbons (Fsp3) is 0.348. The summed E-state index contributed by atoms with van der Waals surface area (Å²) in [6.45, 7) is 5.28. The van der Waals surface area contributed by atoms with E-state index in [9.17, 15) is 4.79 Å². The van der Waals surface area contributed by atoms with E-state index >= 15 is 0 Å². The molecular weight excluding hydrogens is 370 g/mol. The standard InChI is InChI=1S/C23H27NO5/c1-6-27-19-8-7-17(14-18(19)24(3)4)22(25)15(2)11-16-12-20(26-5)23-21(13-16)28-9-10-29-23/h7-8,11-14H,6,9-10H2,1-5H3/b15-11+. The summed E-state index contributed by atoms with van der Waals surface area (Å²) in [7, 11) is 5.44. The molecule has 0 atom stereocenters. The van der Waals surface area contributed by atoms with Crippen molar-refractivity contribution < 1.29 is 23.7 Å². The van der Waals surface area contributed by atoms with Gasteiger partial charge in [-0.2, -0.15) is 0 Å². The number of carbonyl (C=O) groups is 1. The molecule has 154 valence electrons. The highest BCUT2D eigenvalue weighted by atomic mass is 16.6. The number of Topliss-reactive ketones (excluding diaryl/α,β-unsaturated/α-hetero) is 1. The summed E-state index contributed by atoms with van der Waals surface area (Å²) in [6, 6.07) is 9.19. The molecule has 0 bridgehead atoms. The molecule has 6 heteroatoms. The van der Waals surface area contributed by atoms with E-state index in [2.05, 4.69) is 0 Å². The number of benzene rings is 2. The minimum atomic E-state index is -0.0509. The maximum Gasteiger partial charge on any atom is 0.203 e. The molecule has 1 heterocycles. The molecule has 0 spiro atoms. The molecule has 2 aromatic rings. The van der Waals surface area contributed by atoms with Crippen LogP contribution >= 0.6 is 0 Å². The Morgan fingerprint density at radius 2 is 1.90 bits per heavy atom. The molecule has 0 unspecified atom stereocenters. The Morgan fingerprint density at radius 1 is 1.14 bits per heavy atom. The molecule has 0 amide bonds. The van der Waals surface area contributed by atoms with Gasteiger partial charge in [0.2, 0.25) is 5.75 Å². The minimum Gasteiger partial charge on any atom is -0.493 e. The number of hydrogen-bond acceptors (Lipinski definition) is 6. The Labute approximate surface area is 171 Å². The molecule has 0 aromatic heterocycles. The van der Waals surface area contributed by atoms with Crippen molar-refractivity contribution in [3.8, 4) is 23.0 Å². The first kappa shape index (κ1) is 20.6. The maximum absolute atomic E-state index is 13.0. The number of anilines is 1. The van der Waals surface area contributed by atoms with Gasteiger partial charge in [0.1, 0.15) is 19.0 Å². The average Bonchev–Trinajstić information content (AvgIpc) is 2.72. The second-order valence-electron chi connectivity index (χ2n) is 6.91. The van der Waals surface area contributed by atoms with Crippen molar-refractivity contribution in [1.29, 1.82) is 0 Å². The first-order valence-electron chi connectivity index (χ1n) is 9.59. The van der Waals surface area contributed by atoms with E-state index in [1.807, 2.05) is 56.3 Å². The van der Waals surface area contributed by atoms with E-state index in [0.29, 0.717) is 48.2 Å². The average molecular weight is 397 g/mol. The topological polar surface area (TPSA) is 57.2 Å². The first-order valence-corrected chi connectivity index (χ1v) is 9.59. The lowest BCUT2D eigenvalue weighted by Gasteiger charge is -2.21. The number of hydrogen-bond donors (Lipinski definition) is 0. The molecule has 3 rings (SSSR count). The van der Waals surface area contributed by atoms with Crippen LogP contribution in [0.1, 0.15) is 29.8 Å². The molecule has 29 heavy (non-hydrogen) atoms. The molecule has 1 aliphatic heterocycles. The summed E-state index contributed by atoms with van der Waals surface area (Å²) >= 11 is 0. The van der Waals surface area contributed by atoms with Crippen LogP contribution in [0.15, 0.2) is 35.9 Å². The molecule has 6 nitrogen and oxygen atoms in total. The number of methoxy groups -OCH3 is 1. The fourth-order valence-corrected chi connectivity index (χ4v) is 3.21. The second kappa shape index (κ2) is 8.90. The van der Waals surface area contributed by atoms with Gasteiger partial charge in [-0.3, -0.25) is 4.79 Å². The van der Waals surface area contributed by atoms with Crippen LogP contribution in [0.5, 0.6) is 23.0 Å². The number of ether oxygens (including phenoxy) is 4. The van der Waals surface area contributed by atoms with E-state index in [-0.39, 0.29) is 5.78 Å². The van der Waals surface area contributed by atoms with Crippen molar-refractivity contribution in [3.63, 3.8) is 0 Å². The Kier molecular flexibility index (Phi) is 6.32. The second-order valence-corrected chi connectivity index (χ2v) is 6.91. The molecule has 0 aliphatic carbocycles. The molecule has 1 aliphatic rings. The smallest absolute Gasteiger partial charge is 0.203 e. The van der Waals surface area contributed by atoms with Gasteiger partial charge < -0.3 is 23.8 Å². The number of nitrogens with zero attached hydrogens (tertiary/aromatic N) is 1. The number of carbonyl (C=O) groups excluding carboxylic acids is 1. The number of fused-ring (bicyclic) bond motifs is 1. The van der Waals surface area contributed by atoms with Gasteiger partial charge in [0.25, 0.3) is 0 Å². The lowest BCUT2D eigenvalue weighted by molar-refractivity contribution is 0.103. The summed E-state index contributed by atoms with van der Waals surface area (Å²) in [5, 5.41) is 0. The van der Waals surface area contributed by atoms with E-state index in [1.54, 1.807) is 20.1 Å². The van der Waals surface area contributed by atoms with E-state index in [1.165, 1.54) is 0 Å². The number of ketones is 1. The van der Waals surface area contributed by atoms with Crippen LogP contribution in [-0.2, 0) is 0 Å². The van der Waals surface area contributed by atoms with Crippen molar-refractivity contribution in [1.82, 2.24) is 0 Å². The van der Waals surface area contributed by atoms with Crippen molar-refractivity contribution >= 4 is 17.5 Å². The third-order valence-electron chi connectivity index (χ3n) is 4.59. The molecule has 0 N–H and O–H groups in total. The highest BCUT2D eigenvalue weighted by Crippen LogP contribution is 2.41. The Bertz CT molecular complexity index is 916. The van der Waals surface area contributed by atoms with Crippen LogP contribution in [0.3, 0.4) is 0 Å². The van der Waals surface area contributed by atoms with Gasteiger partial charge in [0.15, 0.2) is 17.3 Å². The van der Waals surface area contributed by atoms with Gasteiger partial charge >= 0.3 is 0 Å². The summed E-state index contributed by atoms with van der Waals surface area (Å²) < 4.78 is 22.4. The minimum absolute atomic E-state index is 0.0509. The van der Waals surface area contributed by atoms with Gasteiger partial charge in [0.05, 0.1) is 19.4 Å². The van der Waals surface area contributed by atoms with Gasteiger partial charge in [-0.15, -0.1) is 0 Å². The number of allylic oxidation sites excluding steroid dienone is 1. The Hall–Kier alpha value is -3.15. The molecule has 2 aromatic carbocycles. The summed E-state index contributed by atoms with van der Waals surface area (Å²) in [5.41, 5.74) is 2.90. The zero-order valence-corrected chi connectivity index (χ0v) is 17.6. The molecule has 0 radical (unpaired) electrons. The Morgan fingerprint density at radius 3 is 2.59 bits per heavy atom. The third kappa shape index (κ3) is 4.47. The van der Waals surface area contributed by atoms with E-state index in [0.717, 1.165) is 17.0 Å². The molecular formula is C23H27NO5. The summed E-state index contributed by atoms with van der Waals surface area (Å²) in [5.74, 6) is 2.52. The van der Waals surface area contributed by atoms with Crippen LogP contribution in [-0.4, -0.2) is 46.8 Å². The predicted molar refractivity (Wildman–Crippen MR) is 114 cm³/mol. The predicted octanol–water partition coefficient (Wildman–Crippen LogP) is 4.22. The van der Waals surface area contributed by atoms with Crippen LogP contribution in [0, 0.1) is 0 Å². The van der Waals surface area contributed by atoms with E-state index < -0.39 is 0 Å². The zero-order chi connectivity index (χ0) is 21.0. The lowest BCUT2D eigenvalue weighted by Crippen LogP contribution is -2.16. The van der Waals surface area contributed by atoms with Crippen molar-refractivity contribution in [2.24, 2.45) is 0 Å². The van der Waals surface area contributed by atoms with Gasteiger partial charge in [-0.1, -0.05) is 0 Å². The van der Waals surface area contributed by atoms with Crippen LogP contribution in [0.25, 0.3) is 6.08 Å². The largest absolute Gasteiger partial charge is 0.493 e. The van der Waals surface area contributed by atoms with Gasteiger partial charge in [-0.25, -0.2) is 0 Å². The van der Waals surface area contributed by atoms with Crippen LogP contribution < -0.4 is 23.8 Å². The summed E-state index contributed by atoms with van der Waals surface area (Å²) in [6.07, 6.45) is 1.83. The normalized spacial score (nSPS) is 13.1. The van der Waals surface area contributed by atoms with Gasteiger partial charge in [0, 0.05) is 19.7 Å². The maximum atomic E-state index is 13.0. The highest BCUT2D eigenvalue weighted by molar-refractivity contribution is 6.11. The van der Waals surface area contributed by atoms with Gasteiger partial charge in [-0.05, 0) is 61.4 Å². The molecule has 0 fully saturated rings. The Balaban J connectivity index is 1.92. The molecule has 0 saturated heterocycles. The first-order chi connectivity index (χ1) is 13.9. The zero-order valence-electron chi connectivity index (χ0n) is 17.6. The van der Waals surface area contributed by atoms with Crippen molar-refractivity contribution in [2.75, 3.05) is 45.9 Å². The monoisotopic (exact) mass is 397 g/mol. The van der Waals surface area contributed by atoms with Crippen molar-refractivity contribution in [2.45, 2.75) is 13.8 Å². The lowest BCUT2D eigenvalue weighted by atomic mass is 10.0. The number of rotatable bonds is 7. The summed E-state index contributed by atoms with van der Waals surface area (Å²) in [4.78, 5) is 15.0. The van der Waals surface area contributed by atoms with E-state index in [4.69, 9.17) is 18.9 Å². The van der Waals surface area contributed by atoms with Crippen LogP contribution in [0.4, 0.5) is 5.69 Å². The van der Waals surface area contributed by atoms with Crippen LogP contribution in [0.2, 0.25) is 0 Å². The third-order valence-corrected chi connectivity index (χ3v) is 4.59. The SMILES string of the molecule is CCOc1ccc(C(=O)/C(C)=C/c2cc(OC)c3c(c2)OCCO3)cc1N(C)C. The quantitative estimate of drug-likeness (QED) is 0.515. The fourth-order valence-electron chi connectivity index (χ4n) is 3.21.